The van der Waals surface area contributed by atoms with Gasteiger partial charge in [0.15, 0.2) is 0 Å². The first-order valence-corrected chi connectivity index (χ1v) is 7.29. The maximum atomic E-state index is 13.3. The Morgan fingerprint density at radius 2 is 2.05 bits per heavy atom. The van der Waals surface area contributed by atoms with Crippen molar-refractivity contribution in [2.24, 2.45) is 11.1 Å². The third-order valence-electron chi connectivity index (χ3n) is 4.15. The molecule has 2 rings (SSSR count). The predicted molar refractivity (Wildman–Crippen MR) is 77.1 cm³/mol. The fraction of sp³-hybridized carbons (Fsp3) is 0.562. The van der Waals surface area contributed by atoms with Gasteiger partial charge in [-0.05, 0) is 56.7 Å². The first-order valence-electron chi connectivity index (χ1n) is 7.29. The molecule has 1 saturated carbocycles. The van der Waals surface area contributed by atoms with E-state index in [-0.39, 0.29) is 11.9 Å². The normalized spacial score (nSPS) is 23.6. The molecule has 0 aliphatic heterocycles. The van der Waals surface area contributed by atoms with Gasteiger partial charge in [-0.25, -0.2) is 4.39 Å². The van der Waals surface area contributed by atoms with Crippen LogP contribution >= 0.6 is 0 Å². The summed E-state index contributed by atoms with van der Waals surface area (Å²) in [6.07, 6.45) is 5.84. The molecule has 0 spiro atoms. The topological polar surface area (TPSA) is 41.8 Å². The van der Waals surface area contributed by atoms with Gasteiger partial charge in [0.05, 0.1) is 11.8 Å². The monoisotopic (exact) mass is 279 g/mol. The van der Waals surface area contributed by atoms with E-state index in [0.29, 0.717) is 17.0 Å². The van der Waals surface area contributed by atoms with Crippen molar-refractivity contribution < 1.29 is 14.3 Å². The van der Waals surface area contributed by atoms with Gasteiger partial charge in [0, 0.05) is 5.56 Å². The fourth-order valence-corrected chi connectivity index (χ4v) is 2.78. The molecule has 0 bridgehead atoms. The van der Waals surface area contributed by atoms with E-state index in [1.807, 2.05) is 0 Å². The van der Waals surface area contributed by atoms with Crippen LogP contribution in [0.15, 0.2) is 23.4 Å². The summed E-state index contributed by atoms with van der Waals surface area (Å²) in [7, 11) is 0. The predicted octanol–water partition coefficient (Wildman–Crippen LogP) is 4.37. The molecule has 0 unspecified atom stereocenters. The minimum Gasteiger partial charge on any atom is -0.490 e. The van der Waals surface area contributed by atoms with E-state index in [4.69, 9.17) is 9.94 Å². The van der Waals surface area contributed by atoms with Crippen LogP contribution in [0, 0.1) is 11.7 Å². The smallest absolute Gasteiger partial charge is 0.129 e. The molecule has 0 radical (unpaired) electrons. The molecule has 4 heteroatoms. The van der Waals surface area contributed by atoms with Crippen molar-refractivity contribution in [3.63, 3.8) is 0 Å². The Labute approximate surface area is 119 Å². The Morgan fingerprint density at radius 3 is 2.65 bits per heavy atom. The highest BCUT2D eigenvalue weighted by Crippen LogP contribution is 2.31. The molecule has 1 aliphatic rings. The van der Waals surface area contributed by atoms with Gasteiger partial charge >= 0.3 is 0 Å². The van der Waals surface area contributed by atoms with Crippen molar-refractivity contribution in [1.82, 2.24) is 0 Å². The largest absolute Gasteiger partial charge is 0.490 e. The van der Waals surface area contributed by atoms with Gasteiger partial charge in [0.2, 0.25) is 0 Å². The van der Waals surface area contributed by atoms with E-state index in [1.54, 1.807) is 13.0 Å². The van der Waals surface area contributed by atoms with Crippen molar-refractivity contribution in [2.45, 2.75) is 52.1 Å². The highest BCUT2D eigenvalue weighted by atomic mass is 19.1. The Morgan fingerprint density at radius 1 is 1.35 bits per heavy atom. The number of nitrogens with zero attached hydrogens (tertiary/aromatic N) is 1. The van der Waals surface area contributed by atoms with Crippen molar-refractivity contribution >= 4 is 5.71 Å². The second-order valence-corrected chi connectivity index (χ2v) is 5.49. The summed E-state index contributed by atoms with van der Waals surface area (Å²) in [5.74, 6) is 1.05. The van der Waals surface area contributed by atoms with Gasteiger partial charge in [-0.2, -0.15) is 0 Å². The van der Waals surface area contributed by atoms with Crippen LogP contribution in [0.5, 0.6) is 5.75 Å². The van der Waals surface area contributed by atoms with E-state index in [1.165, 1.54) is 31.4 Å². The molecule has 0 saturated heterocycles. The first-order chi connectivity index (χ1) is 9.63. The van der Waals surface area contributed by atoms with Crippen LogP contribution in [0.1, 0.15) is 51.5 Å². The third kappa shape index (κ3) is 3.50. The number of rotatable bonds is 4. The second kappa shape index (κ2) is 6.73. The molecule has 1 aromatic carbocycles. The maximum Gasteiger partial charge on any atom is 0.129 e. The van der Waals surface area contributed by atoms with E-state index in [2.05, 4.69) is 12.1 Å². The number of hydrogen-bond donors (Lipinski definition) is 1. The molecule has 0 aromatic heterocycles. The Balaban J connectivity index is 2.10. The van der Waals surface area contributed by atoms with Crippen LogP contribution in [0.3, 0.4) is 0 Å². The van der Waals surface area contributed by atoms with Crippen molar-refractivity contribution in [1.29, 1.82) is 0 Å². The van der Waals surface area contributed by atoms with Gasteiger partial charge < -0.3 is 9.94 Å². The van der Waals surface area contributed by atoms with Gasteiger partial charge in [-0.3, -0.25) is 0 Å². The summed E-state index contributed by atoms with van der Waals surface area (Å²) in [6.45, 7) is 3.86. The molecule has 0 amide bonds. The maximum absolute atomic E-state index is 13.3. The van der Waals surface area contributed by atoms with Gasteiger partial charge in [0.1, 0.15) is 11.6 Å². The lowest BCUT2D eigenvalue weighted by Gasteiger charge is -2.29. The number of hydrogen-bond acceptors (Lipinski definition) is 3. The lowest BCUT2D eigenvalue weighted by molar-refractivity contribution is 0.129. The molecule has 1 fully saturated rings. The van der Waals surface area contributed by atoms with E-state index in [9.17, 15) is 4.39 Å². The van der Waals surface area contributed by atoms with Crippen LogP contribution in [0.4, 0.5) is 4.39 Å². The van der Waals surface area contributed by atoms with E-state index >= 15 is 0 Å². The highest BCUT2D eigenvalue weighted by Gasteiger charge is 2.22. The molecule has 0 heterocycles. The summed E-state index contributed by atoms with van der Waals surface area (Å²) < 4.78 is 19.3. The molecule has 110 valence electrons. The van der Waals surface area contributed by atoms with Gasteiger partial charge in [0.25, 0.3) is 0 Å². The van der Waals surface area contributed by atoms with Crippen molar-refractivity contribution in [3.05, 3.63) is 29.6 Å². The summed E-state index contributed by atoms with van der Waals surface area (Å²) in [4.78, 5) is 0. The average Bonchev–Trinajstić information content (AvgIpc) is 2.49. The number of oxime groups is 1. The van der Waals surface area contributed by atoms with E-state index in [0.717, 1.165) is 18.8 Å². The van der Waals surface area contributed by atoms with Crippen LogP contribution in [-0.4, -0.2) is 17.0 Å². The van der Waals surface area contributed by atoms with Crippen LogP contribution in [-0.2, 0) is 0 Å². The zero-order valence-electron chi connectivity index (χ0n) is 12.1. The Bertz CT molecular complexity index is 479. The summed E-state index contributed by atoms with van der Waals surface area (Å²) in [5, 5.41) is 12.0. The fourth-order valence-electron chi connectivity index (χ4n) is 2.78. The molecular weight excluding hydrogens is 257 g/mol. The van der Waals surface area contributed by atoms with Crippen molar-refractivity contribution in [3.8, 4) is 5.75 Å². The average molecular weight is 279 g/mol. The second-order valence-electron chi connectivity index (χ2n) is 5.49. The lowest BCUT2D eigenvalue weighted by atomic mass is 9.86. The molecule has 0 atom stereocenters. The minimum atomic E-state index is -0.356. The Hall–Kier alpha value is -1.58. The summed E-state index contributed by atoms with van der Waals surface area (Å²) in [5.41, 5.74) is 0.881. The standard InChI is InChI=1S/C16H22FNO2/c1-3-12-4-7-14(8-5-12)20-16-9-6-13(17)10-15(16)11(2)18-19/h6,9-10,12,14,19H,3-5,7-8H2,1-2H3/b18-11+. The minimum absolute atomic E-state index is 0.175. The molecular formula is C16H22FNO2. The zero-order valence-corrected chi connectivity index (χ0v) is 12.1. The molecule has 1 N–H and O–H groups in total. The summed E-state index contributed by atoms with van der Waals surface area (Å²) >= 11 is 0. The first kappa shape index (κ1) is 14.8. The SMILES string of the molecule is CCC1CCC(Oc2ccc(F)cc2/C(C)=N/O)CC1. The zero-order chi connectivity index (χ0) is 14.5. The molecule has 20 heavy (non-hydrogen) atoms. The summed E-state index contributed by atoms with van der Waals surface area (Å²) in [6, 6.07) is 4.34. The molecule has 3 nitrogen and oxygen atoms in total. The number of halogens is 1. The lowest BCUT2D eigenvalue weighted by Crippen LogP contribution is -2.24. The highest BCUT2D eigenvalue weighted by molar-refractivity contribution is 6.00. The third-order valence-corrected chi connectivity index (χ3v) is 4.15. The molecule has 1 aliphatic carbocycles. The Kier molecular flexibility index (Phi) is 4.99. The van der Waals surface area contributed by atoms with Crippen LogP contribution < -0.4 is 4.74 Å². The molecule has 1 aromatic rings. The van der Waals surface area contributed by atoms with Gasteiger partial charge in [-0.15, -0.1) is 0 Å². The van der Waals surface area contributed by atoms with Crippen LogP contribution in [0.2, 0.25) is 0 Å². The van der Waals surface area contributed by atoms with Crippen LogP contribution in [0.25, 0.3) is 0 Å². The quantitative estimate of drug-likeness (QED) is 0.505. The number of benzene rings is 1. The number of ether oxygens (including phenoxy) is 1. The van der Waals surface area contributed by atoms with E-state index < -0.39 is 0 Å². The van der Waals surface area contributed by atoms with Gasteiger partial charge in [-0.1, -0.05) is 18.5 Å². The van der Waals surface area contributed by atoms with Crippen molar-refractivity contribution in [2.75, 3.05) is 0 Å².